The maximum atomic E-state index is 12.7. The molecule has 3 aliphatic rings. The smallest absolute Gasteiger partial charge is 0.236 e. The molecule has 2 N–H and O–H groups in total. The summed E-state index contributed by atoms with van der Waals surface area (Å²) in [6.07, 6.45) is 14.0. The Bertz CT molecular complexity index is 717. The van der Waals surface area contributed by atoms with Crippen LogP contribution in [-0.4, -0.2) is 122 Å². The summed E-state index contributed by atoms with van der Waals surface area (Å²) < 4.78 is 0. The predicted octanol–water partition coefficient (Wildman–Crippen LogP) is 3.79. The molecule has 2 saturated heterocycles. The van der Waals surface area contributed by atoms with Gasteiger partial charge in [-0.2, -0.15) is 0 Å². The first kappa shape index (κ1) is 35.1. The van der Waals surface area contributed by atoms with Gasteiger partial charge in [0.1, 0.15) is 0 Å². The maximum Gasteiger partial charge on any atom is 0.236 e. The number of carbonyl (C=O) groups excluding carboxylic acids is 2. The lowest BCUT2D eigenvalue weighted by Crippen LogP contribution is -2.51. The number of hydrogen-bond donors (Lipinski definition) is 1. The molecule has 0 aromatic rings. The van der Waals surface area contributed by atoms with E-state index in [1.54, 1.807) is 0 Å². The molecule has 1 saturated carbocycles. The third-order valence-corrected chi connectivity index (χ3v) is 7.81. The Hall–Kier alpha value is -1.90. The van der Waals surface area contributed by atoms with Gasteiger partial charge in [0.15, 0.2) is 0 Å². The van der Waals surface area contributed by atoms with Crippen LogP contribution in [0.3, 0.4) is 0 Å². The molecule has 0 radical (unpaired) electrons. The number of amides is 2. The lowest BCUT2D eigenvalue weighted by molar-refractivity contribution is -0.133. The molecule has 2 amide bonds. The molecule has 0 bridgehead atoms. The van der Waals surface area contributed by atoms with Gasteiger partial charge in [-0.15, -0.1) is 0 Å². The Kier molecular flexibility index (Phi) is 18.8. The average molecular weight is 549 g/mol. The molecule has 2 heterocycles. The molecule has 39 heavy (non-hydrogen) atoms. The molecule has 0 spiro atoms. The van der Waals surface area contributed by atoms with E-state index in [0.29, 0.717) is 6.54 Å². The first-order chi connectivity index (χ1) is 18.8. The van der Waals surface area contributed by atoms with E-state index in [1.165, 1.54) is 50.5 Å². The second-order valence-corrected chi connectivity index (χ2v) is 11.1. The summed E-state index contributed by atoms with van der Waals surface area (Å²) in [4.78, 5) is 33.9. The van der Waals surface area contributed by atoms with Gasteiger partial charge in [-0.1, -0.05) is 44.8 Å². The summed E-state index contributed by atoms with van der Waals surface area (Å²) in [6.45, 7) is 19.9. The molecule has 8 heteroatoms. The van der Waals surface area contributed by atoms with E-state index in [4.69, 9.17) is 5.73 Å². The van der Waals surface area contributed by atoms with Crippen LogP contribution in [0.25, 0.3) is 0 Å². The Balaban J connectivity index is 0.000000578. The molecule has 3 fully saturated rings. The van der Waals surface area contributed by atoms with Crippen molar-refractivity contribution in [2.45, 2.75) is 85.6 Å². The molecule has 0 unspecified atom stereocenters. The van der Waals surface area contributed by atoms with Crippen molar-refractivity contribution in [3.63, 3.8) is 0 Å². The van der Waals surface area contributed by atoms with Gasteiger partial charge in [-0.25, -0.2) is 0 Å². The summed E-state index contributed by atoms with van der Waals surface area (Å²) >= 11 is 0. The van der Waals surface area contributed by atoms with Crippen LogP contribution in [0.2, 0.25) is 0 Å². The minimum Gasteiger partial charge on any atom is -0.401 e. The Morgan fingerprint density at radius 2 is 1.41 bits per heavy atom. The molecule has 8 nitrogen and oxygen atoms in total. The van der Waals surface area contributed by atoms with Gasteiger partial charge in [0.2, 0.25) is 12.3 Å². The zero-order valence-electron chi connectivity index (χ0n) is 26.2. The predicted molar refractivity (Wildman–Crippen MR) is 165 cm³/mol. The number of likely N-dealkylation sites (N-methyl/N-ethyl adjacent to an activating group) is 2. The van der Waals surface area contributed by atoms with E-state index in [-0.39, 0.29) is 5.91 Å². The molecule has 0 aromatic carbocycles. The van der Waals surface area contributed by atoms with Crippen molar-refractivity contribution in [3.05, 3.63) is 23.4 Å². The highest BCUT2D eigenvalue weighted by Crippen LogP contribution is 2.23. The third kappa shape index (κ3) is 14.9. The number of piperazine rings is 1. The monoisotopic (exact) mass is 548 g/mol. The van der Waals surface area contributed by atoms with Gasteiger partial charge in [0, 0.05) is 77.2 Å². The SMILES string of the molecule is CC.CCN(CCN(C)C1CCC1)C(=O)CN1CCN(C/C(N)=C/C=C(C)C)CC1.O=CN1CCCCCC1. The zero-order valence-corrected chi connectivity index (χ0v) is 26.2. The van der Waals surface area contributed by atoms with Crippen LogP contribution < -0.4 is 5.73 Å². The number of hydrogen-bond acceptors (Lipinski definition) is 6. The van der Waals surface area contributed by atoms with Crippen LogP contribution in [0.4, 0.5) is 0 Å². The van der Waals surface area contributed by atoms with Crippen molar-refractivity contribution >= 4 is 12.3 Å². The van der Waals surface area contributed by atoms with E-state index >= 15 is 0 Å². The van der Waals surface area contributed by atoms with E-state index in [1.807, 2.05) is 29.7 Å². The first-order valence-electron chi connectivity index (χ1n) is 15.5. The summed E-state index contributed by atoms with van der Waals surface area (Å²) in [5.74, 6) is 0.265. The Morgan fingerprint density at radius 3 is 1.87 bits per heavy atom. The summed E-state index contributed by atoms with van der Waals surface area (Å²) in [7, 11) is 2.19. The molecular formula is C31H60N6O2. The normalized spacial score (nSPS) is 19.1. The van der Waals surface area contributed by atoms with Crippen molar-refractivity contribution in [2.75, 3.05) is 79.0 Å². The Morgan fingerprint density at radius 1 is 0.846 bits per heavy atom. The Labute approximate surface area is 240 Å². The summed E-state index contributed by atoms with van der Waals surface area (Å²) in [5.41, 5.74) is 8.27. The topological polar surface area (TPSA) is 76.4 Å². The second-order valence-electron chi connectivity index (χ2n) is 11.1. The van der Waals surface area contributed by atoms with Crippen LogP contribution in [-0.2, 0) is 9.59 Å². The van der Waals surface area contributed by atoms with Crippen LogP contribution >= 0.6 is 0 Å². The minimum atomic E-state index is 0.265. The van der Waals surface area contributed by atoms with E-state index < -0.39 is 0 Å². The standard InChI is InChI=1S/C22H41N5O.C7H13NO.C2H6/c1-5-27(16-11-24(4)21-7-6-8-21)22(28)18-26-14-12-25(13-15-26)17-20(23)10-9-19(2)3;9-7-8-5-3-1-2-4-6-8;1-2/h9-10,21H,5-8,11-18,23H2,1-4H3;7H,1-6H2;1-2H3/b20-10-;;. The lowest BCUT2D eigenvalue weighted by Gasteiger charge is -2.37. The van der Waals surface area contributed by atoms with Crippen LogP contribution in [0.15, 0.2) is 23.4 Å². The van der Waals surface area contributed by atoms with Crippen molar-refractivity contribution in [1.82, 2.24) is 24.5 Å². The number of nitrogens with zero attached hydrogens (tertiary/aromatic N) is 5. The van der Waals surface area contributed by atoms with Gasteiger partial charge >= 0.3 is 0 Å². The average Bonchev–Trinajstić information content (AvgIpc) is 3.19. The number of allylic oxidation sites excluding steroid dienone is 3. The first-order valence-corrected chi connectivity index (χ1v) is 15.5. The molecule has 0 aromatic heterocycles. The number of likely N-dealkylation sites (tertiary alicyclic amines) is 1. The second kappa shape index (κ2) is 20.9. The zero-order chi connectivity index (χ0) is 29.0. The van der Waals surface area contributed by atoms with Crippen LogP contribution in [0.5, 0.6) is 0 Å². The molecule has 1 aliphatic carbocycles. The number of rotatable bonds is 11. The fourth-order valence-corrected chi connectivity index (χ4v) is 4.93. The van der Waals surface area contributed by atoms with E-state index in [0.717, 1.165) is 83.6 Å². The fraction of sp³-hybridized carbons (Fsp3) is 0.806. The third-order valence-electron chi connectivity index (χ3n) is 7.81. The molecular weight excluding hydrogens is 488 g/mol. The minimum absolute atomic E-state index is 0.265. The summed E-state index contributed by atoms with van der Waals surface area (Å²) in [6, 6.07) is 0.736. The molecule has 2 aliphatic heterocycles. The van der Waals surface area contributed by atoms with Crippen molar-refractivity contribution in [3.8, 4) is 0 Å². The van der Waals surface area contributed by atoms with Gasteiger partial charge in [-0.05, 0) is 59.6 Å². The van der Waals surface area contributed by atoms with Crippen LogP contribution in [0.1, 0.15) is 79.6 Å². The van der Waals surface area contributed by atoms with Crippen molar-refractivity contribution < 1.29 is 9.59 Å². The summed E-state index contributed by atoms with van der Waals surface area (Å²) in [5, 5.41) is 0. The lowest BCUT2D eigenvalue weighted by atomic mass is 9.92. The molecule has 0 atom stereocenters. The van der Waals surface area contributed by atoms with Crippen molar-refractivity contribution in [1.29, 1.82) is 0 Å². The molecule has 226 valence electrons. The highest BCUT2D eigenvalue weighted by atomic mass is 16.2. The van der Waals surface area contributed by atoms with Gasteiger partial charge < -0.3 is 20.4 Å². The van der Waals surface area contributed by atoms with E-state index in [2.05, 4.69) is 48.6 Å². The quantitative estimate of drug-likeness (QED) is 0.313. The number of carbonyl (C=O) groups is 2. The highest BCUT2D eigenvalue weighted by Gasteiger charge is 2.24. The van der Waals surface area contributed by atoms with E-state index in [9.17, 15) is 9.59 Å². The fourth-order valence-electron chi connectivity index (χ4n) is 4.93. The van der Waals surface area contributed by atoms with Crippen molar-refractivity contribution in [2.24, 2.45) is 5.73 Å². The molecule has 3 rings (SSSR count). The van der Waals surface area contributed by atoms with Crippen LogP contribution in [0, 0.1) is 0 Å². The number of nitrogens with two attached hydrogens (primary N) is 1. The van der Waals surface area contributed by atoms with Gasteiger partial charge in [0.05, 0.1) is 6.54 Å². The maximum absolute atomic E-state index is 12.7. The highest BCUT2D eigenvalue weighted by molar-refractivity contribution is 5.78. The largest absolute Gasteiger partial charge is 0.401 e. The van der Waals surface area contributed by atoms with Gasteiger partial charge in [-0.3, -0.25) is 19.4 Å². The van der Waals surface area contributed by atoms with Gasteiger partial charge in [0.25, 0.3) is 0 Å².